The molecule has 2 heterocycles. The van der Waals surface area contributed by atoms with E-state index in [1.54, 1.807) is 0 Å². The van der Waals surface area contributed by atoms with Gasteiger partial charge < -0.3 is 20.2 Å². The van der Waals surface area contributed by atoms with E-state index in [4.69, 9.17) is 9.40 Å². The SMILES string of the molecule is C[C@@H](F)CNc1cc(C(C)(C)C)c2nc(-c3nnc(NC4CCC(C)(O)CC4)o3)ccc2c1. The maximum atomic E-state index is 13.3. The molecule has 3 N–H and O–H groups in total. The molecule has 0 amide bonds. The summed E-state index contributed by atoms with van der Waals surface area (Å²) in [6.45, 7) is 10.1. The maximum Gasteiger partial charge on any atom is 0.316 e. The van der Waals surface area contributed by atoms with Crippen LogP contribution in [0.2, 0.25) is 0 Å². The molecule has 178 valence electrons. The van der Waals surface area contributed by atoms with Gasteiger partial charge in [-0.25, -0.2) is 9.37 Å². The number of hydrogen-bond acceptors (Lipinski definition) is 7. The van der Waals surface area contributed by atoms with Crippen molar-refractivity contribution in [2.45, 2.75) is 83.5 Å². The molecule has 1 fully saturated rings. The fourth-order valence-corrected chi connectivity index (χ4v) is 4.23. The van der Waals surface area contributed by atoms with Gasteiger partial charge in [0.1, 0.15) is 11.9 Å². The summed E-state index contributed by atoms with van der Waals surface area (Å²) in [5, 5.41) is 25.9. The molecular weight excluding hydrogens is 421 g/mol. The van der Waals surface area contributed by atoms with Gasteiger partial charge in [0.15, 0.2) is 0 Å². The smallest absolute Gasteiger partial charge is 0.316 e. The number of rotatable bonds is 6. The van der Waals surface area contributed by atoms with Crippen LogP contribution in [0.15, 0.2) is 28.7 Å². The molecule has 8 heteroatoms. The van der Waals surface area contributed by atoms with Crippen LogP contribution in [-0.2, 0) is 5.41 Å². The van der Waals surface area contributed by atoms with Crippen LogP contribution in [0.25, 0.3) is 22.5 Å². The largest absolute Gasteiger partial charge is 0.402 e. The van der Waals surface area contributed by atoms with Crippen molar-refractivity contribution in [1.82, 2.24) is 15.2 Å². The fraction of sp³-hybridized carbons (Fsp3) is 0.560. The van der Waals surface area contributed by atoms with Crippen LogP contribution in [0.1, 0.15) is 65.9 Å². The van der Waals surface area contributed by atoms with Crippen LogP contribution in [0.4, 0.5) is 16.1 Å². The minimum absolute atomic E-state index is 0.160. The number of benzene rings is 1. The van der Waals surface area contributed by atoms with E-state index < -0.39 is 11.8 Å². The first kappa shape index (κ1) is 23.4. The third-order valence-electron chi connectivity index (χ3n) is 6.22. The summed E-state index contributed by atoms with van der Waals surface area (Å²) in [5.41, 5.74) is 2.66. The van der Waals surface area contributed by atoms with Crippen molar-refractivity contribution in [3.05, 3.63) is 29.8 Å². The van der Waals surface area contributed by atoms with E-state index >= 15 is 0 Å². The van der Waals surface area contributed by atoms with Crippen molar-refractivity contribution in [2.75, 3.05) is 17.2 Å². The number of anilines is 2. The first-order valence-electron chi connectivity index (χ1n) is 11.7. The van der Waals surface area contributed by atoms with E-state index in [9.17, 15) is 9.50 Å². The zero-order chi connectivity index (χ0) is 23.8. The number of aliphatic hydroxyl groups is 1. The minimum atomic E-state index is -0.929. The van der Waals surface area contributed by atoms with Gasteiger partial charge in [0, 0.05) is 23.7 Å². The van der Waals surface area contributed by atoms with Crippen LogP contribution < -0.4 is 10.6 Å². The Balaban J connectivity index is 1.59. The van der Waals surface area contributed by atoms with Gasteiger partial charge in [-0.05, 0) is 68.7 Å². The Morgan fingerprint density at radius 1 is 1.21 bits per heavy atom. The lowest BCUT2D eigenvalue weighted by atomic mass is 9.84. The number of pyridine rings is 1. The van der Waals surface area contributed by atoms with Crippen molar-refractivity contribution in [3.63, 3.8) is 0 Å². The highest BCUT2D eigenvalue weighted by Crippen LogP contribution is 2.34. The monoisotopic (exact) mass is 455 g/mol. The lowest BCUT2D eigenvalue weighted by Crippen LogP contribution is -2.35. The van der Waals surface area contributed by atoms with Gasteiger partial charge >= 0.3 is 6.01 Å². The van der Waals surface area contributed by atoms with Crippen LogP contribution in [0, 0.1) is 0 Å². The molecule has 33 heavy (non-hydrogen) atoms. The van der Waals surface area contributed by atoms with E-state index in [0.717, 1.165) is 47.8 Å². The molecule has 2 aromatic heterocycles. The van der Waals surface area contributed by atoms with Crippen LogP contribution >= 0.6 is 0 Å². The predicted octanol–water partition coefficient (Wildman–Crippen LogP) is 5.46. The predicted molar refractivity (Wildman–Crippen MR) is 129 cm³/mol. The van der Waals surface area contributed by atoms with Crippen molar-refractivity contribution >= 4 is 22.6 Å². The third-order valence-corrected chi connectivity index (χ3v) is 6.22. The number of alkyl halides is 1. The molecule has 0 bridgehead atoms. The number of nitrogens with zero attached hydrogens (tertiary/aromatic N) is 3. The highest BCUT2D eigenvalue weighted by atomic mass is 19.1. The molecule has 0 unspecified atom stereocenters. The average Bonchev–Trinajstić information content (AvgIpc) is 3.20. The standard InChI is InChI=1S/C25H34FN5O2/c1-15(26)14-27-18-12-16-6-7-20(29-21(16)19(13-18)24(2,3)4)22-30-31-23(33-22)28-17-8-10-25(5,32)11-9-17/h6-7,12-13,15,17,27,32H,8-11,14H2,1-5H3,(H,28,31)/t15-,17?,25?/m1/s1. The van der Waals surface area contributed by atoms with E-state index in [1.807, 2.05) is 31.2 Å². The van der Waals surface area contributed by atoms with Gasteiger partial charge in [0.05, 0.1) is 11.1 Å². The summed E-state index contributed by atoms with van der Waals surface area (Å²) in [6.07, 6.45) is 2.27. The number of fused-ring (bicyclic) bond motifs is 1. The lowest BCUT2D eigenvalue weighted by Gasteiger charge is -2.32. The van der Waals surface area contributed by atoms with Gasteiger partial charge in [0.2, 0.25) is 0 Å². The Labute approximate surface area is 194 Å². The zero-order valence-corrected chi connectivity index (χ0v) is 20.1. The minimum Gasteiger partial charge on any atom is -0.402 e. The van der Waals surface area contributed by atoms with Gasteiger partial charge in [-0.15, -0.1) is 5.10 Å². The third kappa shape index (κ3) is 5.61. The summed E-state index contributed by atoms with van der Waals surface area (Å²) in [6, 6.07) is 8.45. The second-order valence-electron chi connectivity index (χ2n) is 10.5. The molecule has 0 radical (unpaired) electrons. The number of aromatic nitrogens is 3. The van der Waals surface area contributed by atoms with E-state index in [-0.39, 0.29) is 18.0 Å². The Morgan fingerprint density at radius 2 is 1.94 bits per heavy atom. The molecule has 1 aliphatic carbocycles. The summed E-state index contributed by atoms with van der Waals surface area (Å²) in [5.74, 6) is 0.357. The van der Waals surface area contributed by atoms with E-state index in [0.29, 0.717) is 17.6 Å². The van der Waals surface area contributed by atoms with Crippen LogP contribution in [0.5, 0.6) is 0 Å². The van der Waals surface area contributed by atoms with Crippen LogP contribution in [0.3, 0.4) is 0 Å². The second kappa shape index (κ2) is 8.89. The Hall–Kier alpha value is -2.74. The molecule has 1 saturated carbocycles. The van der Waals surface area contributed by atoms with Gasteiger partial charge in [-0.3, -0.25) is 0 Å². The molecule has 7 nitrogen and oxygen atoms in total. The van der Waals surface area contributed by atoms with Gasteiger partial charge in [-0.1, -0.05) is 31.9 Å². The van der Waals surface area contributed by atoms with E-state index in [2.05, 4.69) is 41.6 Å². The summed E-state index contributed by atoms with van der Waals surface area (Å²) in [7, 11) is 0. The van der Waals surface area contributed by atoms with E-state index in [1.165, 1.54) is 6.92 Å². The summed E-state index contributed by atoms with van der Waals surface area (Å²) < 4.78 is 19.2. The molecule has 0 saturated heterocycles. The highest BCUT2D eigenvalue weighted by Gasteiger charge is 2.29. The summed E-state index contributed by atoms with van der Waals surface area (Å²) in [4.78, 5) is 4.87. The van der Waals surface area contributed by atoms with Crippen molar-refractivity contribution in [1.29, 1.82) is 0 Å². The topological polar surface area (TPSA) is 96.1 Å². The molecule has 4 rings (SSSR count). The quantitative estimate of drug-likeness (QED) is 0.454. The zero-order valence-electron chi connectivity index (χ0n) is 20.1. The number of nitrogens with one attached hydrogen (secondary N) is 2. The second-order valence-corrected chi connectivity index (χ2v) is 10.5. The summed E-state index contributed by atoms with van der Waals surface area (Å²) >= 11 is 0. The number of hydrogen-bond donors (Lipinski definition) is 3. The first-order valence-corrected chi connectivity index (χ1v) is 11.7. The lowest BCUT2D eigenvalue weighted by molar-refractivity contribution is 0.0194. The average molecular weight is 456 g/mol. The molecule has 1 atom stereocenters. The van der Waals surface area contributed by atoms with Crippen LogP contribution in [-0.4, -0.2) is 44.6 Å². The number of halogens is 1. The highest BCUT2D eigenvalue weighted by molar-refractivity contribution is 5.88. The Bertz CT molecular complexity index is 1110. The van der Waals surface area contributed by atoms with Crippen molar-refractivity contribution in [3.8, 4) is 11.6 Å². The normalized spacial score (nSPS) is 22.3. The van der Waals surface area contributed by atoms with Crippen molar-refractivity contribution in [2.24, 2.45) is 0 Å². The molecule has 1 aliphatic rings. The molecule has 0 spiro atoms. The maximum absolute atomic E-state index is 13.3. The first-order chi connectivity index (χ1) is 15.5. The Morgan fingerprint density at radius 3 is 2.61 bits per heavy atom. The molecule has 1 aromatic carbocycles. The molecule has 3 aromatic rings. The molecular formula is C25H34FN5O2. The Kier molecular flexibility index (Phi) is 6.31. The van der Waals surface area contributed by atoms with Gasteiger partial charge in [-0.2, -0.15) is 0 Å². The molecule has 0 aliphatic heterocycles. The van der Waals surface area contributed by atoms with Crippen molar-refractivity contribution < 1.29 is 13.9 Å². The van der Waals surface area contributed by atoms with Gasteiger partial charge in [0.25, 0.3) is 5.89 Å². The fourth-order valence-electron chi connectivity index (χ4n) is 4.23.